The number of likely N-dealkylation sites (tertiary alicyclic amines) is 7. The maximum atomic E-state index is 12.3. The highest BCUT2D eigenvalue weighted by atomic mass is 19.4. The lowest BCUT2D eigenvalue weighted by Crippen LogP contribution is -2.58. The number of alkyl halides is 6. The molecule has 7 aliphatic heterocycles. The van der Waals surface area contributed by atoms with Crippen molar-refractivity contribution in [1.29, 1.82) is 0 Å². The van der Waals surface area contributed by atoms with Gasteiger partial charge in [0.2, 0.25) is 41.4 Å². The lowest BCUT2D eigenvalue weighted by molar-refractivity contribution is -0.192. The van der Waals surface area contributed by atoms with Crippen LogP contribution < -0.4 is 0 Å². The highest BCUT2D eigenvalue weighted by Crippen LogP contribution is 2.34. The monoisotopic (exact) mass is 1680 g/mol. The van der Waals surface area contributed by atoms with E-state index in [1.54, 1.807) is 34.6 Å². The Labute approximate surface area is 674 Å². The second-order valence-corrected chi connectivity index (χ2v) is 27.6. The van der Waals surface area contributed by atoms with Crippen LogP contribution in [-0.2, 0) is 134 Å². The Morgan fingerprint density at radius 2 is 0.568 bits per heavy atom. The molecule has 1 saturated carbocycles. The smallest absolute Gasteiger partial charge is 0.421 e. The molecule has 8 rings (SSSR count). The molecule has 0 spiro atoms. The number of hydrogen-bond donors (Lipinski definition) is 0. The zero-order valence-corrected chi connectivity index (χ0v) is 67.1. The first-order chi connectivity index (χ1) is 54.7. The molecule has 41 heteroatoms. The zero-order valence-electron chi connectivity index (χ0n) is 67.1. The quantitative estimate of drug-likeness (QED) is 0.0303. The minimum Gasteiger partial charge on any atom is -0.440 e. The number of imide groups is 7. The first-order valence-corrected chi connectivity index (χ1v) is 36.9. The molecule has 650 valence electrons. The lowest BCUT2D eigenvalue weighted by Gasteiger charge is -2.38. The molecule has 8 aliphatic rings. The maximum Gasteiger partial charge on any atom is 0.421 e. The largest absolute Gasteiger partial charge is 0.440 e. The summed E-state index contributed by atoms with van der Waals surface area (Å²) in [6.07, 6.45) is -5.83. The summed E-state index contributed by atoms with van der Waals surface area (Å²) in [7, 11) is 0. The Bertz CT molecular complexity index is 4010. The van der Waals surface area contributed by atoms with Gasteiger partial charge in [0.15, 0.2) is 43.6 Å². The molecular formula is C77H97F6N7O28. The molecule has 7 atom stereocenters. The van der Waals surface area contributed by atoms with Crippen molar-refractivity contribution in [1.82, 2.24) is 34.3 Å². The first-order valence-electron chi connectivity index (χ1n) is 36.9. The maximum absolute atomic E-state index is 12.3. The van der Waals surface area contributed by atoms with Crippen molar-refractivity contribution < 1.29 is 160 Å². The number of halogens is 6. The summed E-state index contributed by atoms with van der Waals surface area (Å²) in [5, 5.41) is 0. The normalized spacial score (nSPS) is 20.0. The molecule has 7 saturated heterocycles. The Morgan fingerprint density at radius 3 is 0.771 bits per heavy atom. The molecule has 35 nitrogen and oxygen atoms in total. The minimum atomic E-state index is -4.93. The van der Waals surface area contributed by atoms with Crippen LogP contribution in [0.3, 0.4) is 0 Å². The van der Waals surface area contributed by atoms with E-state index in [1.807, 2.05) is 13.8 Å². The number of amides is 14. The second kappa shape index (κ2) is 46.1. The molecule has 0 aromatic heterocycles. The summed E-state index contributed by atoms with van der Waals surface area (Å²) in [6.45, 7) is 40.2. The molecule has 0 bridgehead atoms. The molecule has 8 fully saturated rings. The Hall–Kier alpha value is -12.0. The second-order valence-electron chi connectivity index (χ2n) is 27.6. The Kier molecular flexibility index (Phi) is 39.9. The van der Waals surface area contributed by atoms with Crippen LogP contribution in [0.15, 0.2) is 86.6 Å². The van der Waals surface area contributed by atoms with Crippen molar-refractivity contribution >= 4 is 124 Å². The van der Waals surface area contributed by atoms with Crippen LogP contribution in [0.1, 0.15) is 192 Å². The fourth-order valence-corrected chi connectivity index (χ4v) is 10.0. The van der Waals surface area contributed by atoms with Crippen molar-refractivity contribution in [2.24, 2.45) is 23.7 Å². The number of ether oxygens (including phenoxy) is 7. The van der Waals surface area contributed by atoms with Gasteiger partial charge in [-0.15, -0.1) is 0 Å². The predicted molar refractivity (Wildman–Crippen MR) is 391 cm³/mol. The van der Waals surface area contributed by atoms with E-state index in [2.05, 4.69) is 46.1 Å². The van der Waals surface area contributed by atoms with Crippen LogP contribution in [0.2, 0.25) is 0 Å². The Balaban J connectivity index is 0.000000468. The molecule has 0 aromatic rings. The van der Waals surface area contributed by atoms with Gasteiger partial charge in [0.1, 0.15) is 11.1 Å². The Morgan fingerprint density at radius 1 is 0.356 bits per heavy atom. The van der Waals surface area contributed by atoms with Crippen LogP contribution >= 0.6 is 0 Å². The van der Waals surface area contributed by atoms with Gasteiger partial charge in [0.25, 0.3) is 41.4 Å². The molecular weight excluding hydrogens is 1580 g/mol. The predicted octanol–water partition coefficient (Wildman–Crippen LogP) is 7.20. The van der Waals surface area contributed by atoms with Gasteiger partial charge in [0, 0.05) is 30.4 Å². The van der Waals surface area contributed by atoms with Gasteiger partial charge in [-0.3, -0.25) is 101 Å². The van der Waals surface area contributed by atoms with E-state index in [4.69, 9.17) is 33.2 Å². The van der Waals surface area contributed by atoms with E-state index >= 15 is 0 Å². The number of β-lactam (4-membered cyclic amide) rings is 7. The van der Waals surface area contributed by atoms with E-state index in [9.17, 15) is 127 Å². The molecule has 7 heterocycles. The van der Waals surface area contributed by atoms with Crippen LogP contribution in [0, 0.1) is 23.7 Å². The number of nitrogens with zero attached hydrogens (tertiary/aromatic N) is 7. The highest BCUT2D eigenvalue weighted by Gasteiger charge is 2.53. The van der Waals surface area contributed by atoms with E-state index < -0.39 is 156 Å². The van der Waals surface area contributed by atoms with E-state index in [1.165, 1.54) is 27.7 Å². The summed E-state index contributed by atoms with van der Waals surface area (Å²) in [4.78, 5) is 242. The fraction of sp³-hybridized carbons (Fsp3) is 0.545. The van der Waals surface area contributed by atoms with E-state index in [0.29, 0.717) is 32.1 Å². The third kappa shape index (κ3) is 29.0. The van der Waals surface area contributed by atoms with Gasteiger partial charge >= 0.3 is 54.1 Å². The number of hydrogen-bond acceptors (Lipinski definition) is 28. The molecule has 7 unspecified atom stereocenters. The van der Waals surface area contributed by atoms with Crippen molar-refractivity contribution in [2.75, 3.05) is 0 Å². The lowest BCUT2D eigenvalue weighted by atomic mass is 9.89. The topological polar surface area (TPSA) is 446 Å². The minimum absolute atomic E-state index is 0.0624. The van der Waals surface area contributed by atoms with Crippen molar-refractivity contribution in [3.8, 4) is 0 Å². The average molecular weight is 1680 g/mol. The number of carbonyl (C=O) groups excluding carboxylic acids is 21. The van der Waals surface area contributed by atoms with Crippen molar-refractivity contribution in [2.45, 2.75) is 248 Å². The van der Waals surface area contributed by atoms with Gasteiger partial charge in [-0.2, -0.15) is 26.3 Å². The van der Waals surface area contributed by atoms with Crippen molar-refractivity contribution in [3.05, 3.63) is 86.6 Å². The standard InChI is InChI=1S/C13H17NO4.2C11H12F3NO4.2C11H15NO4.2C10H13NO4/c1-2-10(15)14-11(16)8-12(14)18-13(17)9-6-4-3-5-7-9;1-5(2)10(18)19-8-4-7(16)15(8)9(17)6(3)11(12,13)14;1-3-4-9(17)19-8-5-7(16)15(8)10(18)6(2)11(12,13)14;1-6(2)10(14)12-8(13)5-9(12)16-11(15)7(3)4;1-4-5-10(14)16-9-6-8(13)12(9)11(15)7(2)3;1-4-7(12)11-8(13)5-9(11)15-10(14)6(2)3;1-3-5-10(14)15-9-6-8(13)11(9)7(12)4-2/h2,9,12H,1,3-8H2;5,8H,3-4H2,1-2H3;8H,2-5H2,1H3;7,9H,1,5H2,2-4H3;9H,2,4-6H2,1,3H3;4,6,9H,1,5H2,2-3H3;4,9H,2-3,5-6H2,1H3. The summed E-state index contributed by atoms with van der Waals surface area (Å²) < 4.78 is 108. The first kappa shape index (κ1) is 102. The molecule has 118 heavy (non-hydrogen) atoms. The van der Waals surface area contributed by atoms with E-state index in [0.717, 1.165) is 74.8 Å². The van der Waals surface area contributed by atoms with Crippen molar-refractivity contribution in [3.63, 3.8) is 0 Å². The van der Waals surface area contributed by atoms with Crippen LogP contribution in [0.5, 0.6) is 0 Å². The van der Waals surface area contributed by atoms with Crippen LogP contribution in [0.25, 0.3) is 0 Å². The fourth-order valence-electron chi connectivity index (χ4n) is 10.0. The highest BCUT2D eigenvalue weighted by molar-refractivity contribution is 6.11. The van der Waals surface area contributed by atoms with Gasteiger partial charge in [0.05, 0.1) is 68.6 Å². The third-order valence-electron chi connectivity index (χ3n) is 16.9. The van der Waals surface area contributed by atoms with Crippen LogP contribution in [0.4, 0.5) is 26.3 Å². The summed E-state index contributed by atoms with van der Waals surface area (Å²) >= 11 is 0. The zero-order chi connectivity index (χ0) is 90.6. The average Bonchev–Trinajstić information content (AvgIpc) is 0.821. The summed E-state index contributed by atoms with van der Waals surface area (Å²) in [5.41, 5.74) is -2.84. The van der Waals surface area contributed by atoms with Gasteiger partial charge < -0.3 is 33.2 Å². The van der Waals surface area contributed by atoms with Crippen LogP contribution in [-0.4, -0.2) is 215 Å². The van der Waals surface area contributed by atoms with Gasteiger partial charge in [-0.1, -0.05) is 128 Å². The molecule has 0 radical (unpaired) electrons. The van der Waals surface area contributed by atoms with Gasteiger partial charge in [-0.05, 0) is 64.2 Å². The third-order valence-corrected chi connectivity index (χ3v) is 16.9. The number of carbonyl (C=O) groups is 21. The number of esters is 7. The van der Waals surface area contributed by atoms with E-state index in [-0.39, 0.29) is 132 Å². The molecule has 0 N–H and O–H groups in total. The molecule has 0 aromatic carbocycles. The molecule has 14 amide bonds. The summed E-state index contributed by atoms with van der Waals surface area (Å²) in [6, 6.07) is 0. The summed E-state index contributed by atoms with van der Waals surface area (Å²) in [5.74, 6) is -13.5. The number of rotatable bonds is 24. The van der Waals surface area contributed by atoms with Gasteiger partial charge in [-0.25, -0.2) is 34.3 Å². The molecule has 1 aliphatic carbocycles. The SMILES string of the molecule is C=C(C(=O)N1C(=O)CC1OC(=O)C(C)C)C(F)(F)F.C=C(C(=O)N1C(=O)CC1OC(=O)CCC)C(F)(F)F.C=C(C)C(=O)N1C(=O)CC1OC(=O)C(C)C.C=C(C)C(=O)N1C(=O)CC1OC(=O)CCC.C=CC(=O)N1C(=O)CC1OC(=O)C(C)C.C=CC(=O)N1C(=O)CC1OC(=O)C1CCCCC1.C=CC(=O)N1C(=O)CC1OC(=O)CCC.